The minimum absolute atomic E-state index is 0.0410. The van der Waals surface area contributed by atoms with Gasteiger partial charge in [-0.05, 0) is 51.5 Å². The largest absolute Gasteiger partial charge is 0.494 e. The molecule has 0 bridgehead atoms. The number of rotatable bonds is 9. The number of amides is 1. The summed E-state index contributed by atoms with van der Waals surface area (Å²) in [5, 5.41) is 11.6. The van der Waals surface area contributed by atoms with Crippen LogP contribution in [0.4, 0.5) is 0 Å². The lowest BCUT2D eigenvalue weighted by Gasteiger charge is -2.25. The van der Waals surface area contributed by atoms with Crippen LogP contribution in [0, 0.1) is 0 Å². The molecule has 0 fully saturated rings. The summed E-state index contributed by atoms with van der Waals surface area (Å²) in [6.45, 7) is 6.21. The Labute approximate surface area is 135 Å². The van der Waals surface area contributed by atoms with E-state index in [1.807, 2.05) is 45.0 Å². The Hall–Kier alpha value is -1.69. The summed E-state index contributed by atoms with van der Waals surface area (Å²) in [5.74, 6) is 0.149. The van der Waals surface area contributed by atoms with Gasteiger partial charge in [-0.15, -0.1) is 11.8 Å². The molecule has 6 heteroatoms. The van der Waals surface area contributed by atoms with Gasteiger partial charge in [0.25, 0.3) is 0 Å². The second-order valence-electron chi connectivity index (χ2n) is 5.52. The maximum Gasteiger partial charge on any atom is 0.303 e. The normalized spacial score (nSPS) is 11.0. The third-order valence-electron chi connectivity index (χ3n) is 2.95. The highest BCUT2D eigenvalue weighted by atomic mass is 32.2. The number of carboxylic acid groups (broad SMARTS) is 1. The zero-order chi connectivity index (χ0) is 16.6. The molecule has 1 rings (SSSR count). The lowest BCUT2D eigenvalue weighted by molar-refractivity contribution is -0.137. The molecule has 2 N–H and O–H groups in total. The highest BCUT2D eigenvalue weighted by Crippen LogP contribution is 2.21. The molecule has 0 heterocycles. The van der Waals surface area contributed by atoms with Gasteiger partial charge in [-0.25, -0.2) is 0 Å². The van der Waals surface area contributed by atoms with Gasteiger partial charge in [-0.1, -0.05) is 0 Å². The number of ether oxygens (including phenoxy) is 1. The fourth-order valence-corrected chi connectivity index (χ4v) is 2.54. The zero-order valence-corrected chi connectivity index (χ0v) is 14.0. The quantitative estimate of drug-likeness (QED) is 0.683. The third kappa shape index (κ3) is 7.36. The first-order valence-corrected chi connectivity index (χ1v) is 8.19. The average molecular weight is 325 g/mol. The fraction of sp³-hybridized carbons (Fsp3) is 0.500. The van der Waals surface area contributed by atoms with Gasteiger partial charge in [0.1, 0.15) is 5.75 Å². The summed E-state index contributed by atoms with van der Waals surface area (Å²) in [4.78, 5) is 23.5. The van der Waals surface area contributed by atoms with Crippen molar-refractivity contribution >= 4 is 23.6 Å². The van der Waals surface area contributed by atoms with E-state index >= 15 is 0 Å². The summed E-state index contributed by atoms with van der Waals surface area (Å²) in [6.07, 6.45) is 0.446. The van der Waals surface area contributed by atoms with Gasteiger partial charge in [0.05, 0.1) is 12.4 Å². The number of hydrogen-bond acceptors (Lipinski definition) is 4. The molecule has 0 aliphatic carbocycles. The predicted octanol–water partition coefficient (Wildman–Crippen LogP) is 2.94. The van der Waals surface area contributed by atoms with Crippen LogP contribution in [-0.4, -0.2) is 34.9 Å². The maximum absolute atomic E-state index is 11.9. The van der Waals surface area contributed by atoms with Crippen LogP contribution >= 0.6 is 11.8 Å². The molecule has 0 aliphatic heterocycles. The molecule has 5 nitrogen and oxygen atoms in total. The zero-order valence-electron chi connectivity index (χ0n) is 13.2. The van der Waals surface area contributed by atoms with Gasteiger partial charge in [0.2, 0.25) is 5.91 Å². The first-order valence-electron chi connectivity index (χ1n) is 7.21. The van der Waals surface area contributed by atoms with Crippen molar-refractivity contribution in [1.29, 1.82) is 0 Å². The van der Waals surface area contributed by atoms with E-state index in [0.717, 1.165) is 10.6 Å². The fourth-order valence-electron chi connectivity index (χ4n) is 1.84. The lowest BCUT2D eigenvalue weighted by Crippen LogP contribution is -2.44. The topological polar surface area (TPSA) is 75.6 Å². The Kier molecular flexibility index (Phi) is 7.24. The first-order chi connectivity index (χ1) is 10.3. The summed E-state index contributed by atoms with van der Waals surface area (Å²) >= 11 is 1.44. The molecular weight excluding hydrogens is 302 g/mol. The lowest BCUT2D eigenvalue weighted by atomic mass is 9.98. The maximum atomic E-state index is 11.9. The Morgan fingerprint density at radius 1 is 1.27 bits per heavy atom. The van der Waals surface area contributed by atoms with Gasteiger partial charge in [0.15, 0.2) is 0 Å². The highest BCUT2D eigenvalue weighted by Gasteiger charge is 2.21. The molecule has 1 aromatic carbocycles. The summed E-state index contributed by atoms with van der Waals surface area (Å²) in [7, 11) is 0. The van der Waals surface area contributed by atoms with Gasteiger partial charge in [0, 0.05) is 16.9 Å². The van der Waals surface area contributed by atoms with Gasteiger partial charge in [-0.3, -0.25) is 9.59 Å². The standard InChI is InChI=1S/C16H23NO4S/c1-4-21-12-5-7-13(8-6-12)22-11-14(18)17-16(2,3)10-9-15(19)20/h5-8H,4,9-11H2,1-3H3,(H,17,18)(H,19,20). The van der Waals surface area contributed by atoms with Crippen LogP contribution < -0.4 is 10.1 Å². The molecule has 0 saturated carbocycles. The number of hydrogen-bond donors (Lipinski definition) is 2. The molecule has 1 amide bonds. The Bertz CT molecular complexity index is 499. The SMILES string of the molecule is CCOc1ccc(SCC(=O)NC(C)(C)CCC(=O)O)cc1. The Balaban J connectivity index is 2.40. The van der Waals surface area contributed by atoms with Crippen LogP contribution in [-0.2, 0) is 9.59 Å². The molecule has 0 aliphatic rings. The van der Waals surface area contributed by atoms with Gasteiger partial charge < -0.3 is 15.2 Å². The van der Waals surface area contributed by atoms with Crippen LogP contribution in [0.2, 0.25) is 0 Å². The van der Waals surface area contributed by atoms with Crippen LogP contribution in [0.5, 0.6) is 5.75 Å². The molecule has 0 atom stereocenters. The number of benzene rings is 1. The Morgan fingerprint density at radius 3 is 2.45 bits per heavy atom. The average Bonchev–Trinajstić information content (AvgIpc) is 2.44. The second-order valence-corrected chi connectivity index (χ2v) is 6.57. The van der Waals surface area contributed by atoms with E-state index in [-0.39, 0.29) is 12.3 Å². The van der Waals surface area contributed by atoms with Crippen molar-refractivity contribution in [2.45, 2.75) is 44.0 Å². The number of aliphatic carboxylic acids is 1. The summed E-state index contributed by atoms with van der Waals surface area (Å²) in [5.41, 5.74) is -0.519. The smallest absolute Gasteiger partial charge is 0.303 e. The van der Waals surface area contributed by atoms with E-state index < -0.39 is 11.5 Å². The molecule has 122 valence electrons. The predicted molar refractivity (Wildman–Crippen MR) is 87.4 cm³/mol. The second kappa shape index (κ2) is 8.68. The number of carbonyl (C=O) groups is 2. The van der Waals surface area contributed by atoms with E-state index in [0.29, 0.717) is 18.8 Å². The minimum atomic E-state index is -0.855. The molecule has 0 unspecified atom stereocenters. The van der Waals surface area contributed by atoms with Crippen molar-refractivity contribution in [3.8, 4) is 5.75 Å². The van der Waals surface area contributed by atoms with E-state index in [1.165, 1.54) is 11.8 Å². The summed E-state index contributed by atoms with van der Waals surface area (Å²) in [6, 6.07) is 7.58. The van der Waals surface area contributed by atoms with Crippen molar-refractivity contribution in [2.75, 3.05) is 12.4 Å². The van der Waals surface area contributed by atoms with Gasteiger partial charge in [-0.2, -0.15) is 0 Å². The number of thioether (sulfide) groups is 1. The van der Waals surface area contributed by atoms with Crippen molar-refractivity contribution < 1.29 is 19.4 Å². The Morgan fingerprint density at radius 2 is 1.91 bits per heavy atom. The van der Waals surface area contributed by atoms with Crippen LogP contribution in [0.3, 0.4) is 0 Å². The number of nitrogens with one attached hydrogen (secondary N) is 1. The van der Waals surface area contributed by atoms with Crippen molar-refractivity contribution in [3.05, 3.63) is 24.3 Å². The molecule has 0 spiro atoms. The highest BCUT2D eigenvalue weighted by molar-refractivity contribution is 8.00. The van der Waals surface area contributed by atoms with Crippen molar-refractivity contribution in [3.63, 3.8) is 0 Å². The van der Waals surface area contributed by atoms with Crippen LogP contribution in [0.1, 0.15) is 33.6 Å². The van der Waals surface area contributed by atoms with Crippen molar-refractivity contribution in [1.82, 2.24) is 5.32 Å². The van der Waals surface area contributed by atoms with E-state index in [1.54, 1.807) is 0 Å². The number of carboxylic acids is 1. The summed E-state index contributed by atoms with van der Waals surface area (Å²) < 4.78 is 5.36. The molecule has 1 aromatic rings. The van der Waals surface area contributed by atoms with Crippen LogP contribution in [0.25, 0.3) is 0 Å². The minimum Gasteiger partial charge on any atom is -0.494 e. The van der Waals surface area contributed by atoms with E-state index in [9.17, 15) is 9.59 Å². The monoisotopic (exact) mass is 325 g/mol. The van der Waals surface area contributed by atoms with E-state index in [2.05, 4.69) is 5.32 Å². The number of carbonyl (C=O) groups excluding carboxylic acids is 1. The molecule has 0 saturated heterocycles. The first kappa shape index (κ1) is 18.4. The molecule has 22 heavy (non-hydrogen) atoms. The van der Waals surface area contributed by atoms with E-state index in [4.69, 9.17) is 9.84 Å². The van der Waals surface area contributed by atoms with Crippen molar-refractivity contribution in [2.24, 2.45) is 0 Å². The van der Waals surface area contributed by atoms with Crippen LogP contribution in [0.15, 0.2) is 29.2 Å². The van der Waals surface area contributed by atoms with Gasteiger partial charge >= 0.3 is 5.97 Å². The molecular formula is C16H23NO4S. The molecule has 0 aromatic heterocycles. The molecule has 0 radical (unpaired) electrons. The third-order valence-corrected chi connectivity index (χ3v) is 3.96.